The number of rotatable bonds is 10. The van der Waals surface area contributed by atoms with Crippen LogP contribution in [0.25, 0.3) is 0 Å². The molecule has 1 aliphatic carbocycles. The molecule has 1 atom stereocenters. The Balaban J connectivity index is 1.69. The van der Waals surface area contributed by atoms with Crippen molar-refractivity contribution in [1.29, 1.82) is 0 Å². The molecule has 0 fully saturated rings. The van der Waals surface area contributed by atoms with Crippen LogP contribution < -0.4 is 10.6 Å². The second-order valence-corrected chi connectivity index (χ2v) is 8.88. The van der Waals surface area contributed by atoms with E-state index in [9.17, 15) is 9.59 Å². The molecule has 0 bridgehead atoms. The van der Waals surface area contributed by atoms with Crippen LogP contribution in [0.3, 0.4) is 0 Å². The molecule has 0 heterocycles. The van der Waals surface area contributed by atoms with Gasteiger partial charge in [-0.1, -0.05) is 40.2 Å². The van der Waals surface area contributed by atoms with Crippen molar-refractivity contribution in [1.82, 2.24) is 4.90 Å². The summed E-state index contributed by atoms with van der Waals surface area (Å²) in [5, 5.41) is 9.07. The van der Waals surface area contributed by atoms with Gasteiger partial charge in [0.15, 0.2) is 0 Å². The standard InChI is InChI=1S/C24H30BrN3O3/c25-19-11-13-20(14-12-19)28(24(26)31)17-5-16-27(15-4-10-23(29)30)22-9-3-7-18-6-1-2-8-21(18)22/h1-2,6,8,11-14,22H,3-5,7,9-10,15-17H2,(H2,26,31)(H,29,30)/t22-/m1/s1. The predicted molar refractivity (Wildman–Crippen MR) is 126 cm³/mol. The number of aryl methyl sites for hydroxylation is 1. The molecule has 2 aromatic carbocycles. The topological polar surface area (TPSA) is 86.9 Å². The highest BCUT2D eigenvalue weighted by atomic mass is 79.9. The average molecular weight is 488 g/mol. The molecule has 6 nitrogen and oxygen atoms in total. The van der Waals surface area contributed by atoms with E-state index in [-0.39, 0.29) is 12.5 Å². The third-order valence-electron chi connectivity index (χ3n) is 5.85. The molecule has 0 aliphatic heterocycles. The zero-order valence-electron chi connectivity index (χ0n) is 17.7. The van der Waals surface area contributed by atoms with Crippen LogP contribution in [-0.2, 0) is 11.2 Å². The van der Waals surface area contributed by atoms with Crippen LogP contribution in [0.4, 0.5) is 10.5 Å². The summed E-state index contributed by atoms with van der Waals surface area (Å²) in [6.45, 7) is 2.01. The van der Waals surface area contributed by atoms with Crippen LogP contribution >= 0.6 is 15.9 Å². The van der Waals surface area contributed by atoms with Crippen LogP contribution in [0, 0.1) is 0 Å². The molecule has 0 saturated heterocycles. The zero-order valence-corrected chi connectivity index (χ0v) is 19.3. The van der Waals surface area contributed by atoms with E-state index in [1.54, 1.807) is 4.90 Å². The van der Waals surface area contributed by atoms with Gasteiger partial charge in [0.2, 0.25) is 0 Å². The van der Waals surface area contributed by atoms with Gasteiger partial charge in [-0.2, -0.15) is 0 Å². The Hall–Kier alpha value is -2.38. The van der Waals surface area contributed by atoms with Crippen LogP contribution in [0.15, 0.2) is 53.0 Å². The maximum atomic E-state index is 12.0. The number of anilines is 1. The number of primary amides is 1. The van der Waals surface area contributed by atoms with Crippen molar-refractivity contribution in [3.8, 4) is 0 Å². The Morgan fingerprint density at radius 1 is 1.03 bits per heavy atom. The first kappa shape index (κ1) is 23.3. The Morgan fingerprint density at radius 2 is 1.74 bits per heavy atom. The van der Waals surface area contributed by atoms with Gasteiger partial charge in [0.05, 0.1) is 0 Å². The van der Waals surface area contributed by atoms with Gasteiger partial charge in [0.1, 0.15) is 0 Å². The molecular formula is C24H30BrN3O3. The Morgan fingerprint density at radius 3 is 2.45 bits per heavy atom. The quantitative estimate of drug-likeness (QED) is 0.495. The van der Waals surface area contributed by atoms with Crippen LogP contribution in [0.5, 0.6) is 0 Å². The lowest BCUT2D eigenvalue weighted by Crippen LogP contribution is -2.39. The molecule has 31 heavy (non-hydrogen) atoms. The van der Waals surface area contributed by atoms with Crippen molar-refractivity contribution in [2.24, 2.45) is 5.73 Å². The molecule has 3 N–H and O–H groups in total. The molecule has 0 aromatic heterocycles. The predicted octanol–water partition coefficient (Wildman–Crippen LogP) is 4.97. The summed E-state index contributed by atoms with van der Waals surface area (Å²) in [7, 11) is 0. The average Bonchev–Trinajstić information content (AvgIpc) is 2.75. The summed E-state index contributed by atoms with van der Waals surface area (Å²) in [5.74, 6) is -0.765. The summed E-state index contributed by atoms with van der Waals surface area (Å²) in [4.78, 5) is 27.0. The summed E-state index contributed by atoms with van der Waals surface area (Å²) in [5.41, 5.74) is 9.15. The summed E-state index contributed by atoms with van der Waals surface area (Å²) < 4.78 is 0.946. The number of urea groups is 1. The minimum atomic E-state index is -0.765. The number of aliphatic carboxylic acids is 1. The summed E-state index contributed by atoms with van der Waals surface area (Å²) >= 11 is 3.41. The van der Waals surface area contributed by atoms with Crippen molar-refractivity contribution < 1.29 is 14.7 Å². The van der Waals surface area contributed by atoms with Gasteiger partial charge >= 0.3 is 12.0 Å². The molecule has 7 heteroatoms. The van der Waals surface area contributed by atoms with E-state index < -0.39 is 12.0 Å². The van der Waals surface area contributed by atoms with E-state index in [0.717, 1.165) is 48.9 Å². The van der Waals surface area contributed by atoms with Gasteiger partial charge in [-0.25, -0.2) is 4.79 Å². The molecule has 0 unspecified atom stereocenters. The van der Waals surface area contributed by atoms with E-state index in [1.807, 2.05) is 24.3 Å². The first-order valence-corrected chi connectivity index (χ1v) is 11.6. The van der Waals surface area contributed by atoms with Gasteiger partial charge < -0.3 is 10.8 Å². The van der Waals surface area contributed by atoms with Gasteiger partial charge in [-0.05, 0) is 74.0 Å². The number of carboxylic acids is 1. The van der Waals surface area contributed by atoms with E-state index in [2.05, 4.69) is 45.1 Å². The number of hydrogen-bond acceptors (Lipinski definition) is 3. The van der Waals surface area contributed by atoms with Crippen molar-refractivity contribution in [2.45, 2.75) is 44.6 Å². The number of benzene rings is 2. The smallest absolute Gasteiger partial charge is 0.319 e. The highest BCUT2D eigenvalue weighted by Gasteiger charge is 2.25. The number of amides is 2. The molecule has 2 aromatic rings. The number of nitrogens with zero attached hydrogens (tertiary/aromatic N) is 2. The molecular weight excluding hydrogens is 458 g/mol. The normalized spacial score (nSPS) is 15.5. The first-order valence-electron chi connectivity index (χ1n) is 10.8. The molecule has 0 radical (unpaired) electrons. The highest BCUT2D eigenvalue weighted by molar-refractivity contribution is 9.10. The Labute approximate surface area is 192 Å². The van der Waals surface area contributed by atoms with E-state index in [4.69, 9.17) is 10.8 Å². The van der Waals surface area contributed by atoms with Crippen LogP contribution in [-0.4, -0.2) is 41.6 Å². The van der Waals surface area contributed by atoms with Crippen molar-refractivity contribution in [2.75, 3.05) is 24.5 Å². The fraction of sp³-hybridized carbons (Fsp3) is 0.417. The minimum Gasteiger partial charge on any atom is -0.481 e. The highest BCUT2D eigenvalue weighted by Crippen LogP contribution is 2.34. The number of halogens is 1. The van der Waals surface area contributed by atoms with Gasteiger partial charge in [-0.3, -0.25) is 14.6 Å². The van der Waals surface area contributed by atoms with Crippen molar-refractivity contribution >= 4 is 33.6 Å². The minimum absolute atomic E-state index is 0.164. The number of carboxylic acid groups (broad SMARTS) is 1. The van der Waals surface area contributed by atoms with E-state index in [0.29, 0.717) is 13.0 Å². The van der Waals surface area contributed by atoms with Gasteiger partial charge in [0.25, 0.3) is 0 Å². The van der Waals surface area contributed by atoms with Crippen LogP contribution in [0.2, 0.25) is 0 Å². The van der Waals surface area contributed by atoms with Crippen LogP contribution in [0.1, 0.15) is 49.3 Å². The third-order valence-corrected chi connectivity index (χ3v) is 6.37. The fourth-order valence-electron chi connectivity index (χ4n) is 4.38. The second-order valence-electron chi connectivity index (χ2n) is 7.96. The number of hydrogen-bond donors (Lipinski definition) is 2. The van der Waals surface area contributed by atoms with Gasteiger partial charge in [-0.15, -0.1) is 0 Å². The number of fused-ring (bicyclic) bond motifs is 1. The molecule has 1 aliphatic rings. The molecule has 2 amide bonds. The summed E-state index contributed by atoms with van der Waals surface area (Å²) in [6.07, 6.45) is 4.82. The molecule has 0 spiro atoms. The number of carbonyl (C=O) groups is 2. The van der Waals surface area contributed by atoms with E-state index >= 15 is 0 Å². The largest absolute Gasteiger partial charge is 0.481 e. The van der Waals surface area contributed by atoms with Crippen molar-refractivity contribution in [3.63, 3.8) is 0 Å². The maximum Gasteiger partial charge on any atom is 0.319 e. The molecule has 166 valence electrons. The zero-order chi connectivity index (χ0) is 22.2. The lowest BCUT2D eigenvalue weighted by atomic mass is 9.86. The lowest BCUT2D eigenvalue weighted by molar-refractivity contribution is -0.137. The second kappa shape index (κ2) is 11.3. The Bertz CT molecular complexity index is 888. The Kier molecular flexibility index (Phi) is 8.49. The summed E-state index contributed by atoms with van der Waals surface area (Å²) in [6, 6.07) is 15.9. The maximum absolute atomic E-state index is 12.0. The number of nitrogens with two attached hydrogens (primary N) is 1. The fourth-order valence-corrected chi connectivity index (χ4v) is 4.65. The number of carbonyl (C=O) groups excluding carboxylic acids is 1. The monoisotopic (exact) mass is 487 g/mol. The molecule has 3 rings (SSSR count). The van der Waals surface area contributed by atoms with Gasteiger partial charge in [0, 0.05) is 35.7 Å². The lowest BCUT2D eigenvalue weighted by Gasteiger charge is -2.36. The first-order chi connectivity index (χ1) is 15.0. The van der Waals surface area contributed by atoms with Crippen molar-refractivity contribution in [3.05, 3.63) is 64.1 Å². The molecule has 0 saturated carbocycles. The van der Waals surface area contributed by atoms with E-state index in [1.165, 1.54) is 11.1 Å². The SMILES string of the molecule is NC(=O)N(CCCN(CCCC(=O)O)[C@@H]1CCCc2ccccc21)c1ccc(Br)cc1. The third kappa shape index (κ3) is 6.55.